The number of likely N-dealkylation sites (tertiary alicyclic amines) is 1. The van der Waals surface area contributed by atoms with Crippen molar-refractivity contribution in [2.45, 2.75) is 43.2 Å². The number of nitrogens with zero attached hydrogens (tertiary/aromatic N) is 1. The summed E-state index contributed by atoms with van der Waals surface area (Å²) in [5.41, 5.74) is 1.40. The Kier molecular flexibility index (Phi) is 4.92. The fourth-order valence-electron chi connectivity index (χ4n) is 3.30. The zero-order valence-corrected chi connectivity index (χ0v) is 13.6. The van der Waals surface area contributed by atoms with Gasteiger partial charge < -0.3 is 10.2 Å². The summed E-state index contributed by atoms with van der Waals surface area (Å²) >= 11 is 8.14. The fraction of sp³-hybridized carbons (Fsp3) is 0.625. The van der Waals surface area contributed by atoms with Gasteiger partial charge in [-0.05, 0) is 61.9 Å². The van der Waals surface area contributed by atoms with Crippen molar-refractivity contribution < 1.29 is 0 Å². The van der Waals surface area contributed by atoms with E-state index in [1.54, 1.807) is 0 Å². The van der Waals surface area contributed by atoms with Crippen LogP contribution in [0.3, 0.4) is 0 Å². The quantitative estimate of drug-likeness (QED) is 0.910. The van der Waals surface area contributed by atoms with Gasteiger partial charge in [-0.1, -0.05) is 18.5 Å². The Labute approximate surface area is 131 Å². The summed E-state index contributed by atoms with van der Waals surface area (Å²) in [7, 11) is 0. The number of halogens is 1. The summed E-state index contributed by atoms with van der Waals surface area (Å²) < 4.78 is 0. The topological polar surface area (TPSA) is 15.3 Å². The van der Waals surface area contributed by atoms with E-state index in [0.29, 0.717) is 12.1 Å². The second-order valence-electron chi connectivity index (χ2n) is 5.77. The lowest BCUT2D eigenvalue weighted by atomic mass is 9.99. The Morgan fingerprint density at radius 1 is 1.40 bits per heavy atom. The van der Waals surface area contributed by atoms with E-state index in [4.69, 9.17) is 11.6 Å². The highest BCUT2D eigenvalue weighted by Gasteiger charge is 2.26. The molecule has 0 aromatic heterocycles. The van der Waals surface area contributed by atoms with Crippen LogP contribution in [0.2, 0.25) is 5.02 Å². The lowest BCUT2D eigenvalue weighted by Crippen LogP contribution is -2.47. The van der Waals surface area contributed by atoms with Crippen LogP contribution in [0.5, 0.6) is 0 Å². The van der Waals surface area contributed by atoms with Crippen LogP contribution in [0.1, 0.15) is 37.8 Å². The standard InChI is InChI=1S/C16H23ClN2S/c1-2-19-8-3-4-13(11-19)18-15-7-9-20-16-6-5-12(17)10-14(15)16/h5-6,10,13,15,18H,2-4,7-9,11H2,1H3. The Hall–Kier alpha value is -0.220. The molecule has 2 atom stereocenters. The summed E-state index contributed by atoms with van der Waals surface area (Å²) in [5, 5.41) is 4.75. The van der Waals surface area contributed by atoms with E-state index in [9.17, 15) is 0 Å². The minimum absolute atomic E-state index is 0.478. The zero-order chi connectivity index (χ0) is 13.9. The first-order valence-corrected chi connectivity index (χ1v) is 9.03. The molecule has 1 aromatic rings. The molecule has 1 N–H and O–H groups in total. The van der Waals surface area contributed by atoms with Gasteiger partial charge in [-0.15, -0.1) is 11.8 Å². The molecule has 0 bridgehead atoms. The van der Waals surface area contributed by atoms with Crippen LogP contribution >= 0.6 is 23.4 Å². The van der Waals surface area contributed by atoms with Crippen molar-refractivity contribution in [3.63, 3.8) is 0 Å². The molecule has 0 aliphatic carbocycles. The third-order valence-electron chi connectivity index (χ3n) is 4.40. The predicted octanol–water partition coefficient (Wildman–Crippen LogP) is 3.95. The lowest BCUT2D eigenvalue weighted by Gasteiger charge is -2.36. The molecule has 2 aliphatic heterocycles. The van der Waals surface area contributed by atoms with Crippen LogP contribution in [-0.2, 0) is 0 Å². The van der Waals surface area contributed by atoms with Crippen molar-refractivity contribution in [2.24, 2.45) is 0 Å². The number of nitrogens with one attached hydrogen (secondary N) is 1. The SMILES string of the molecule is CCN1CCCC(NC2CCSc3ccc(Cl)cc32)C1. The first kappa shape index (κ1) is 14.7. The van der Waals surface area contributed by atoms with Crippen molar-refractivity contribution in [3.8, 4) is 0 Å². The van der Waals surface area contributed by atoms with Crippen LogP contribution < -0.4 is 5.32 Å². The van der Waals surface area contributed by atoms with E-state index >= 15 is 0 Å². The average molecular weight is 311 g/mol. The number of hydrogen-bond donors (Lipinski definition) is 1. The van der Waals surface area contributed by atoms with Gasteiger partial charge in [0.25, 0.3) is 0 Å². The smallest absolute Gasteiger partial charge is 0.0410 e. The number of benzene rings is 1. The fourth-order valence-corrected chi connectivity index (χ4v) is 4.59. The molecular weight excluding hydrogens is 288 g/mol. The van der Waals surface area contributed by atoms with E-state index in [-0.39, 0.29) is 0 Å². The lowest BCUT2D eigenvalue weighted by molar-refractivity contribution is 0.189. The molecule has 20 heavy (non-hydrogen) atoms. The Morgan fingerprint density at radius 3 is 3.15 bits per heavy atom. The van der Waals surface area contributed by atoms with E-state index in [1.807, 2.05) is 17.8 Å². The minimum Gasteiger partial charge on any atom is -0.306 e. The van der Waals surface area contributed by atoms with Crippen molar-refractivity contribution >= 4 is 23.4 Å². The molecule has 0 spiro atoms. The summed E-state index contributed by atoms with van der Waals surface area (Å²) in [6, 6.07) is 7.45. The molecular formula is C16H23ClN2S. The zero-order valence-electron chi connectivity index (χ0n) is 12.1. The molecule has 2 heterocycles. The van der Waals surface area contributed by atoms with Gasteiger partial charge in [0, 0.05) is 28.5 Å². The maximum atomic E-state index is 6.19. The minimum atomic E-state index is 0.478. The normalized spacial score (nSPS) is 27.3. The van der Waals surface area contributed by atoms with Crippen LogP contribution in [0, 0.1) is 0 Å². The van der Waals surface area contributed by atoms with Crippen molar-refractivity contribution in [1.29, 1.82) is 0 Å². The highest BCUT2D eigenvalue weighted by molar-refractivity contribution is 7.99. The van der Waals surface area contributed by atoms with Gasteiger partial charge in [0.05, 0.1) is 0 Å². The van der Waals surface area contributed by atoms with Gasteiger partial charge in [-0.2, -0.15) is 0 Å². The van der Waals surface area contributed by atoms with Crippen LogP contribution in [0.4, 0.5) is 0 Å². The maximum Gasteiger partial charge on any atom is 0.0410 e. The largest absolute Gasteiger partial charge is 0.306 e. The number of piperidine rings is 1. The molecule has 0 saturated carbocycles. The molecule has 1 fully saturated rings. The molecule has 0 radical (unpaired) electrons. The van der Waals surface area contributed by atoms with Gasteiger partial charge in [0.15, 0.2) is 0 Å². The number of hydrogen-bond acceptors (Lipinski definition) is 3. The summed E-state index contributed by atoms with van der Waals surface area (Å²) in [4.78, 5) is 3.96. The number of thioether (sulfide) groups is 1. The summed E-state index contributed by atoms with van der Waals surface area (Å²) in [5.74, 6) is 1.20. The van der Waals surface area contributed by atoms with E-state index in [1.165, 1.54) is 55.1 Å². The molecule has 3 rings (SSSR count). The molecule has 2 unspecified atom stereocenters. The molecule has 2 nitrogen and oxygen atoms in total. The average Bonchev–Trinajstić information content (AvgIpc) is 2.48. The molecule has 1 aromatic carbocycles. The molecule has 0 amide bonds. The Balaban J connectivity index is 1.71. The van der Waals surface area contributed by atoms with Gasteiger partial charge in [-0.25, -0.2) is 0 Å². The van der Waals surface area contributed by atoms with E-state index in [2.05, 4.69) is 29.3 Å². The van der Waals surface area contributed by atoms with E-state index in [0.717, 1.165) is 5.02 Å². The van der Waals surface area contributed by atoms with Crippen molar-refractivity contribution in [1.82, 2.24) is 10.2 Å². The second-order valence-corrected chi connectivity index (χ2v) is 7.34. The number of likely N-dealkylation sites (N-methyl/N-ethyl adjacent to an activating group) is 1. The van der Waals surface area contributed by atoms with Gasteiger partial charge in [0.1, 0.15) is 0 Å². The molecule has 4 heteroatoms. The van der Waals surface area contributed by atoms with Crippen molar-refractivity contribution in [2.75, 3.05) is 25.4 Å². The monoisotopic (exact) mass is 310 g/mol. The van der Waals surface area contributed by atoms with Gasteiger partial charge >= 0.3 is 0 Å². The first-order chi connectivity index (χ1) is 9.76. The van der Waals surface area contributed by atoms with Gasteiger partial charge in [0.2, 0.25) is 0 Å². The van der Waals surface area contributed by atoms with Crippen LogP contribution in [0.25, 0.3) is 0 Å². The Morgan fingerprint density at radius 2 is 2.30 bits per heavy atom. The second kappa shape index (κ2) is 6.69. The summed E-state index contributed by atoms with van der Waals surface area (Å²) in [6.07, 6.45) is 3.83. The molecule has 2 aliphatic rings. The third-order valence-corrected chi connectivity index (χ3v) is 5.76. The number of fused-ring (bicyclic) bond motifs is 1. The maximum absolute atomic E-state index is 6.19. The van der Waals surface area contributed by atoms with E-state index < -0.39 is 0 Å². The van der Waals surface area contributed by atoms with Gasteiger partial charge in [-0.3, -0.25) is 0 Å². The summed E-state index contributed by atoms with van der Waals surface area (Å²) in [6.45, 7) is 5.88. The number of rotatable bonds is 3. The molecule has 1 saturated heterocycles. The Bertz CT molecular complexity index is 466. The first-order valence-electron chi connectivity index (χ1n) is 7.67. The highest BCUT2D eigenvalue weighted by atomic mass is 35.5. The predicted molar refractivity (Wildman–Crippen MR) is 87.8 cm³/mol. The van der Waals surface area contributed by atoms with Crippen LogP contribution in [0.15, 0.2) is 23.1 Å². The van der Waals surface area contributed by atoms with Crippen LogP contribution in [-0.4, -0.2) is 36.3 Å². The highest BCUT2D eigenvalue weighted by Crippen LogP contribution is 2.38. The van der Waals surface area contributed by atoms with Crippen molar-refractivity contribution in [3.05, 3.63) is 28.8 Å². The third kappa shape index (κ3) is 3.33. The molecule has 110 valence electrons.